The minimum Gasteiger partial charge on any atom is -0.330 e. The average molecular weight is 199 g/mol. The first-order valence-corrected chi connectivity index (χ1v) is 6.51. The number of hydrogen-bond acceptors (Lipinski definition) is 1. The first-order valence-electron chi connectivity index (χ1n) is 6.51. The molecule has 0 rings (SSSR count). The zero-order valence-electron chi connectivity index (χ0n) is 10.2. The van der Waals surface area contributed by atoms with Gasteiger partial charge in [-0.2, -0.15) is 0 Å². The zero-order valence-corrected chi connectivity index (χ0v) is 10.2. The lowest BCUT2D eigenvalue weighted by atomic mass is 9.97. The molecule has 0 aliphatic heterocycles. The Hall–Kier alpha value is -0.0400. The van der Waals surface area contributed by atoms with Gasteiger partial charge in [-0.1, -0.05) is 65.2 Å². The third-order valence-corrected chi connectivity index (χ3v) is 2.95. The minimum absolute atomic E-state index is 0.867. The second-order valence-electron chi connectivity index (χ2n) is 4.59. The molecule has 0 heterocycles. The van der Waals surface area contributed by atoms with Gasteiger partial charge in [0.05, 0.1) is 0 Å². The molecule has 0 aromatic carbocycles. The van der Waals surface area contributed by atoms with Crippen LogP contribution < -0.4 is 5.73 Å². The molecular weight excluding hydrogens is 170 g/mol. The van der Waals surface area contributed by atoms with Gasteiger partial charge in [-0.25, -0.2) is 0 Å². The van der Waals surface area contributed by atoms with E-state index in [0.29, 0.717) is 0 Å². The van der Waals surface area contributed by atoms with Crippen molar-refractivity contribution in [1.82, 2.24) is 0 Å². The molecule has 1 nitrogen and oxygen atoms in total. The summed E-state index contributed by atoms with van der Waals surface area (Å²) in [6.45, 7) is 5.54. The largest absolute Gasteiger partial charge is 0.330 e. The fraction of sp³-hybridized carbons (Fsp3) is 1.00. The molecule has 1 atom stereocenters. The molecule has 0 aromatic rings. The molecule has 0 bridgehead atoms. The zero-order chi connectivity index (χ0) is 10.6. The molecule has 0 saturated heterocycles. The van der Waals surface area contributed by atoms with Crippen molar-refractivity contribution in [3.63, 3.8) is 0 Å². The summed E-state index contributed by atoms with van der Waals surface area (Å²) in [4.78, 5) is 0. The van der Waals surface area contributed by atoms with Crippen LogP contribution in [0.5, 0.6) is 0 Å². The highest BCUT2D eigenvalue weighted by Gasteiger charge is 2.00. The molecule has 1 heteroatoms. The summed E-state index contributed by atoms with van der Waals surface area (Å²) in [6.07, 6.45) is 12.4. The van der Waals surface area contributed by atoms with E-state index in [-0.39, 0.29) is 0 Å². The molecule has 0 aromatic heterocycles. The first-order chi connectivity index (χ1) is 6.81. The maximum atomic E-state index is 5.45. The van der Waals surface area contributed by atoms with Crippen molar-refractivity contribution >= 4 is 0 Å². The van der Waals surface area contributed by atoms with E-state index in [1.165, 1.54) is 57.8 Å². The first kappa shape index (κ1) is 14.0. The molecule has 0 spiro atoms. The minimum atomic E-state index is 0.867. The van der Waals surface area contributed by atoms with Crippen molar-refractivity contribution < 1.29 is 0 Å². The van der Waals surface area contributed by atoms with Crippen LogP contribution in [0.1, 0.15) is 71.6 Å². The second kappa shape index (κ2) is 11.0. The molecule has 86 valence electrons. The summed E-state index contributed by atoms with van der Waals surface area (Å²) in [7, 11) is 0. The predicted molar refractivity (Wildman–Crippen MR) is 65.4 cm³/mol. The predicted octanol–water partition coefficient (Wildman–Crippen LogP) is 4.11. The van der Waals surface area contributed by atoms with Gasteiger partial charge >= 0.3 is 0 Å². The second-order valence-corrected chi connectivity index (χ2v) is 4.59. The third kappa shape index (κ3) is 10.0. The topological polar surface area (TPSA) is 26.0 Å². The molecule has 1 unspecified atom stereocenters. The number of nitrogens with two attached hydrogens (primary N) is 1. The van der Waals surface area contributed by atoms with Crippen molar-refractivity contribution in [2.45, 2.75) is 71.6 Å². The molecule has 14 heavy (non-hydrogen) atoms. The Kier molecular flexibility index (Phi) is 11.0. The summed E-state index contributed by atoms with van der Waals surface area (Å²) in [5.74, 6) is 0.944. The van der Waals surface area contributed by atoms with Crippen molar-refractivity contribution in [2.75, 3.05) is 6.54 Å². The Morgan fingerprint density at radius 1 is 0.857 bits per heavy atom. The van der Waals surface area contributed by atoms with Crippen molar-refractivity contribution in [2.24, 2.45) is 11.7 Å². The van der Waals surface area contributed by atoms with Gasteiger partial charge in [0.2, 0.25) is 0 Å². The fourth-order valence-corrected chi connectivity index (χ4v) is 1.88. The Bertz CT molecular complexity index is 101. The molecule has 0 saturated carbocycles. The highest BCUT2D eigenvalue weighted by atomic mass is 14.5. The van der Waals surface area contributed by atoms with E-state index in [0.717, 1.165) is 12.5 Å². The summed E-state index contributed by atoms with van der Waals surface area (Å²) >= 11 is 0. The van der Waals surface area contributed by atoms with Crippen LogP contribution in [-0.2, 0) is 0 Å². The lowest BCUT2D eigenvalue weighted by Gasteiger charge is -2.10. The van der Waals surface area contributed by atoms with Crippen LogP contribution in [0.3, 0.4) is 0 Å². The molecular formula is C13H29N. The van der Waals surface area contributed by atoms with Gasteiger partial charge in [-0.05, 0) is 18.9 Å². The van der Waals surface area contributed by atoms with E-state index in [1.54, 1.807) is 0 Å². The van der Waals surface area contributed by atoms with E-state index in [4.69, 9.17) is 5.73 Å². The van der Waals surface area contributed by atoms with E-state index in [9.17, 15) is 0 Å². The number of hydrogen-bond donors (Lipinski definition) is 1. The van der Waals surface area contributed by atoms with Crippen LogP contribution in [0, 0.1) is 5.92 Å². The SMILES string of the molecule is CCCCCC(C)CCCCCCN. The van der Waals surface area contributed by atoms with Crippen LogP contribution in [0.15, 0.2) is 0 Å². The van der Waals surface area contributed by atoms with Gasteiger partial charge in [0.15, 0.2) is 0 Å². The molecule has 0 aliphatic carbocycles. The highest BCUT2D eigenvalue weighted by Crippen LogP contribution is 2.16. The van der Waals surface area contributed by atoms with E-state index in [2.05, 4.69) is 13.8 Å². The van der Waals surface area contributed by atoms with Gasteiger partial charge in [-0.3, -0.25) is 0 Å². The summed E-state index contributed by atoms with van der Waals surface area (Å²) in [6, 6.07) is 0. The van der Waals surface area contributed by atoms with E-state index >= 15 is 0 Å². The molecule has 0 amide bonds. The van der Waals surface area contributed by atoms with E-state index in [1.807, 2.05) is 0 Å². The Balaban J connectivity index is 3.06. The summed E-state index contributed by atoms with van der Waals surface area (Å²) in [5, 5.41) is 0. The smallest absolute Gasteiger partial charge is 0.00773 e. The average Bonchev–Trinajstić information content (AvgIpc) is 2.18. The van der Waals surface area contributed by atoms with Crippen molar-refractivity contribution in [3.05, 3.63) is 0 Å². The lowest BCUT2D eigenvalue weighted by Crippen LogP contribution is -1.98. The number of unbranched alkanes of at least 4 members (excludes halogenated alkanes) is 5. The maximum Gasteiger partial charge on any atom is -0.00773 e. The van der Waals surface area contributed by atoms with Crippen molar-refractivity contribution in [3.8, 4) is 0 Å². The molecule has 0 fully saturated rings. The Labute approximate surface area is 90.5 Å². The quantitative estimate of drug-likeness (QED) is 0.526. The Morgan fingerprint density at radius 2 is 1.43 bits per heavy atom. The van der Waals surface area contributed by atoms with Crippen LogP contribution in [0.25, 0.3) is 0 Å². The van der Waals surface area contributed by atoms with Crippen LogP contribution in [-0.4, -0.2) is 6.54 Å². The van der Waals surface area contributed by atoms with Gasteiger partial charge in [0.25, 0.3) is 0 Å². The molecule has 2 N–H and O–H groups in total. The van der Waals surface area contributed by atoms with Crippen LogP contribution >= 0.6 is 0 Å². The lowest BCUT2D eigenvalue weighted by molar-refractivity contribution is 0.438. The summed E-state index contributed by atoms with van der Waals surface area (Å²) < 4.78 is 0. The monoisotopic (exact) mass is 199 g/mol. The van der Waals surface area contributed by atoms with E-state index < -0.39 is 0 Å². The fourth-order valence-electron chi connectivity index (χ4n) is 1.88. The molecule has 0 aliphatic rings. The van der Waals surface area contributed by atoms with Crippen LogP contribution in [0.4, 0.5) is 0 Å². The normalized spacial score (nSPS) is 13.1. The molecule has 0 radical (unpaired) electrons. The highest BCUT2D eigenvalue weighted by molar-refractivity contribution is 4.54. The van der Waals surface area contributed by atoms with Gasteiger partial charge < -0.3 is 5.73 Å². The van der Waals surface area contributed by atoms with Gasteiger partial charge in [-0.15, -0.1) is 0 Å². The third-order valence-electron chi connectivity index (χ3n) is 2.95. The standard InChI is InChI=1S/C13H29N/c1-3-4-7-10-13(2)11-8-5-6-9-12-14/h13H,3-12,14H2,1-2H3. The maximum absolute atomic E-state index is 5.45. The summed E-state index contributed by atoms with van der Waals surface area (Å²) in [5.41, 5.74) is 5.45. The van der Waals surface area contributed by atoms with Crippen molar-refractivity contribution in [1.29, 1.82) is 0 Å². The van der Waals surface area contributed by atoms with Gasteiger partial charge in [0, 0.05) is 0 Å². The van der Waals surface area contributed by atoms with Crippen LogP contribution in [0.2, 0.25) is 0 Å². The van der Waals surface area contributed by atoms with Gasteiger partial charge in [0.1, 0.15) is 0 Å². The number of rotatable bonds is 10. The Morgan fingerprint density at radius 3 is 2.00 bits per heavy atom.